The van der Waals surface area contributed by atoms with E-state index in [2.05, 4.69) is 25.6 Å². The van der Waals surface area contributed by atoms with Crippen LogP contribution in [-0.4, -0.2) is 38.2 Å². The van der Waals surface area contributed by atoms with Gasteiger partial charge in [-0.05, 0) is 29.3 Å². The van der Waals surface area contributed by atoms with E-state index in [-0.39, 0.29) is 5.75 Å². The van der Waals surface area contributed by atoms with Crippen molar-refractivity contribution in [3.8, 4) is 11.5 Å². The molecule has 28 heavy (non-hydrogen) atoms. The van der Waals surface area contributed by atoms with Crippen LogP contribution in [-0.2, 0) is 6.54 Å². The maximum atomic E-state index is 9.83. The zero-order chi connectivity index (χ0) is 19.3. The number of hydrogen-bond donors (Lipinski definition) is 2. The van der Waals surface area contributed by atoms with Crippen LogP contribution in [0, 0.1) is 0 Å². The summed E-state index contributed by atoms with van der Waals surface area (Å²) in [6, 6.07) is 15.1. The second kappa shape index (κ2) is 7.75. The SMILES string of the molecule is COc1ccc(C=NNc2ncnc3c2cnn3Cc2ccccc2)cc1O. The molecule has 0 atom stereocenters. The summed E-state index contributed by atoms with van der Waals surface area (Å²) in [6.07, 6.45) is 4.78. The molecule has 0 unspecified atom stereocenters. The molecular weight excluding hydrogens is 356 g/mol. The van der Waals surface area contributed by atoms with E-state index in [4.69, 9.17) is 4.74 Å². The molecule has 0 saturated heterocycles. The number of nitrogens with zero attached hydrogens (tertiary/aromatic N) is 5. The Morgan fingerprint density at radius 1 is 1.18 bits per heavy atom. The predicted molar refractivity (Wildman–Crippen MR) is 107 cm³/mol. The monoisotopic (exact) mass is 374 g/mol. The van der Waals surface area contributed by atoms with Crippen molar-refractivity contribution in [3.63, 3.8) is 0 Å². The Bertz CT molecular complexity index is 1120. The Balaban J connectivity index is 1.54. The highest BCUT2D eigenvalue weighted by molar-refractivity contribution is 5.87. The van der Waals surface area contributed by atoms with Gasteiger partial charge in [-0.1, -0.05) is 30.3 Å². The van der Waals surface area contributed by atoms with Crippen LogP contribution in [0.2, 0.25) is 0 Å². The molecule has 0 bridgehead atoms. The van der Waals surface area contributed by atoms with Crippen LogP contribution >= 0.6 is 0 Å². The fraction of sp³-hybridized carbons (Fsp3) is 0.100. The number of phenols is 1. The topological polar surface area (TPSA) is 97.5 Å². The third kappa shape index (κ3) is 3.61. The minimum atomic E-state index is 0.0538. The lowest BCUT2D eigenvalue weighted by molar-refractivity contribution is 0.373. The average molecular weight is 374 g/mol. The molecule has 0 amide bonds. The van der Waals surface area contributed by atoms with Gasteiger partial charge < -0.3 is 9.84 Å². The number of hydrazone groups is 1. The maximum absolute atomic E-state index is 9.83. The van der Waals surface area contributed by atoms with Crippen LogP contribution in [0.15, 0.2) is 66.2 Å². The summed E-state index contributed by atoms with van der Waals surface area (Å²) >= 11 is 0. The molecule has 2 heterocycles. The zero-order valence-corrected chi connectivity index (χ0v) is 15.1. The van der Waals surface area contributed by atoms with E-state index in [1.165, 1.54) is 13.4 Å². The van der Waals surface area contributed by atoms with E-state index < -0.39 is 0 Å². The first kappa shape index (κ1) is 17.5. The number of anilines is 1. The van der Waals surface area contributed by atoms with Crippen molar-refractivity contribution >= 4 is 23.1 Å². The molecule has 0 aliphatic carbocycles. The smallest absolute Gasteiger partial charge is 0.163 e. The van der Waals surface area contributed by atoms with Crippen molar-refractivity contribution in [1.29, 1.82) is 0 Å². The van der Waals surface area contributed by atoms with Crippen molar-refractivity contribution in [2.45, 2.75) is 6.54 Å². The molecule has 0 aliphatic heterocycles. The normalized spacial score (nSPS) is 11.2. The van der Waals surface area contributed by atoms with Gasteiger partial charge in [-0.15, -0.1) is 0 Å². The summed E-state index contributed by atoms with van der Waals surface area (Å²) in [5.74, 6) is 1.02. The minimum Gasteiger partial charge on any atom is -0.504 e. The molecule has 140 valence electrons. The van der Waals surface area contributed by atoms with E-state index in [9.17, 15) is 5.11 Å². The summed E-state index contributed by atoms with van der Waals surface area (Å²) in [7, 11) is 1.50. The largest absolute Gasteiger partial charge is 0.504 e. The lowest BCUT2D eigenvalue weighted by atomic mass is 10.2. The van der Waals surface area contributed by atoms with Crippen molar-refractivity contribution in [3.05, 3.63) is 72.2 Å². The van der Waals surface area contributed by atoms with Crippen LogP contribution in [0.4, 0.5) is 5.82 Å². The predicted octanol–water partition coefficient (Wildman–Crippen LogP) is 3.03. The van der Waals surface area contributed by atoms with Gasteiger partial charge in [-0.3, -0.25) is 5.43 Å². The van der Waals surface area contributed by atoms with E-state index >= 15 is 0 Å². The molecule has 2 aromatic carbocycles. The molecule has 8 heteroatoms. The van der Waals surface area contributed by atoms with Gasteiger partial charge in [0, 0.05) is 0 Å². The van der Waals surface area contributed by atoms with Gasteiger partial charge in [0.1, 0.15) is 6.33 Å². The summed E-state index contributed by atoms with van der Waals surface area (Å²) < 4.78 is 6.85. The number of fused-ring (bicyclic) bond motifs is 1. The molecule has 2 aromatic heterocycles. The Kier molecular flexibility index (Phi) is 4.83. The van der Waals surface area contributed by atoms with Crippen LogP contribution in [0.1, 0.15) is 11.1 Å². The number of rotatable bonds is 6. The van der Waals surface area contributed by atoms with E-state index in [0.29, 0.717) is 18.1 Å². The molecular formula is C20H18N6O2. The van der Waals surface area contributed by atoms with Gasteiger partial charge in [0.05, 0.1) is 31.5 Å². The zero-order valence-electron chi connectivity index (χ0n) is 15.1. The first-order valence-electron chi connectivity index (χ1n) is 8.61. The molecule has 0 radical (unpaired) electrons. The van der Waals surface area contributed by atoms with E-state index in [0.717, 1.165) is 22.2 Å². The van der Waals surface area contributed by atoms with Crippen molar-refractivity contribution in [2.75, 3.05) is 12.5 Å². The van der Waals surface area contributed by atoms with Crippen LogP contribution in [0.5, 0.6) is 11.5 Å². The molecule has 0 fully saturated rings. The van der Waals surface area contributed by atoms with Crippen LogP contribution in [0.25, 0.3) is 11.0 Å². The van der Waals surface area contributed by atoms with Gasteiger partial charge in [0.25, 0.3) is 0 Å². The second-order valence-corrected chi connectivity index (χ2v) is 6.05. The van der Waals surface area contributed by atoms with E-state index in [1.807, 2.05) is 35.0 Å². The summed E-state index contributed by atoms with van der Waals surface area (Å²) in [4.78, 5) is 8.59. The summed E-state index contributed by atoms with van der Waals surface area (Å²) in [5, 5.41) is 19.2. The van der Waals surface area contributed by atoms with Crippen molar-refractivity contribution in [2.24, 2.45) is 5.10 Å². The molecule has 4 rings (SSSR count). The van der Waals surface area contributed by atoms with Gasteiger partial charge in [-0.2, -0.15) is 10.2 Å². The number of nitrogens with one attached hydrogen (secondary N) is 1. The quantitative estimate of drug-likeness (QED) is 0.398. The maximum Gasteiger partial charge on any atom is 0.163 e. The molecule has 0 aliphatic rings. The Labute approximate surface area is 161 Å². The van der Waals surface area contributed by atoms with Gasteiger partial charge in [0.2, 0.25) is 0 Å². The van der Waals surface area contributed by atoms with Gasteiger partial charge >= 0.3 is 0 Å². The highest BCUT2D eigenvalue weighted by Gasteiger charge is 2.09. The highest BCUT2D eigenvalue weighted by Crippen LogP contribution is 2.25. The Morgan fingerprint density at radius 2 is 2.04 bits per heavy atom. The van der Waals surface area contributed by atoms with Gasteiger partial charge in [0.15, 0.2) is 23.0 Å². The number of phenolic OH excluding ortho intramolecular Hbond substituents is 1. The van der Waals surface area contributed by atoms with Crippen LogP contribution < -0.4 is 10.2 Å². The molecule has 2 N–H and O–H groups in total. The Morgan fingerprint density at radius 3 is 2.82 bits per heavy atom. The standard InChI is InChI=1S/C20H18N6O2/c1-28-18-8-7-15(9-17(18)27)10-23-25-19-16-11-24-26(20(16)22-13-21-19)12-14-5-3-2-4-6-14/h2-11,13,27H,12H2,1H3,(H,21,22,25). The average Bonchev–Trinajstić information content (AvgIpc) is 3.13. The lowest BCUT2D eigenvalue weighted by Crippen LogP contribution is -2.03. The lowest BCUT2D eigenvalue weighted by Gasteiger charge is -2.05. The van der Waals surface area contributed by atoms with E-state index in [1.54, 1.807) is 30.6 Å². The van der Waals surface area contributed by atoms with Crippen molar-refractivity contribution < 1.29 is 9.84 Å². The highest BCUT2D eigenvalue weighted by atomic mass is 16.5. The number of aromatic hydroxyl groups is 1. The minimum absolute atomic E-state index is 0.0538. The number of benzene rings is 2. The number of methoxy groups -OCH3 is 1. The molecule has 8 nitrogen and oxygen atoms in total. The number of aromatic nitrogens is 4. The fourth-order valence-corrected chi connectivity index (χ4v) is 2.81. The second-order valence-electron chi connectivity index (χ2n) is 6.05. The molecule has 0 spiro atoms. The molecule has 0 saturated carbocycles. The summed E-state index contributed by atoms with van der Waals surface area (Å²) in [6.45, 7) is 0.620. The third-order valence-electron chi connectivity index (χ3n) is 4.20. The molecule has 4 aromatic rings. The fourth-order valence-electron chi connectivity index (χ4n) is 2.81. The Hall–Kier alpha value is -3.94. The van der Waals surface area contributed by atoms with Crippen LogP contribution in [0.3, 0.4) is 0 Å². The number of hydrogen-bond acceptors (Lipinski definition) is 7. The first-order chi connectivity index (χ1) is 13.7. The summed E-state index contributed by atoms with van der Waals surface area (Å²) in [5.41, 5.74) is 5.49. The van der Waals surface area contributed by atoms with Gasteiger partial charge in [-0.25, -0.2) is 14.6 Å². The van der Waals surface area contributed by atoms with Crippen molar-refractivity contribution in [1.82, 2.24) is 19.7 Å². The first-order valence-corrected chi connectivity index (χ1v) is 8.61. The third-order valence-corrected chi connectivity index (χ3v) is 4.20. The number of ether oxygens (including phenoxy) is 1.